The summed E-state index contributed by atoms with van der Waals surface area (Å²) >= 11 is 0. The van der Waals surface area contributed by atoms with Gasteiger partial charge < -0.3 is 19.9 Å². The van der Waals surface area contributed by atoms with Crippen molar-refractivity contribution in [3.05, 3.63) is 30.1 Å². The number of hydrogen-bond acceptors (Lipinski definition) is 8. The van der Waals surface area contributed by atoms with Crippen molar-refractivity contribution in [3.8, 4) is 0 Å². The van der Waals surface area contributed by atoms with Gasteiger partial charge in [-0.05, 0) is 19.4 Å². The predicted octanol–water partition coefficient (Wildman–Crippen LogP) is 1.24. The first-order valence-electron chi connectivity index (χ1n) is 8.85. The maximum absolute atomic E-state index is 14.2. The minimum Gasteiger partial charge on any atom is -0.378 e. The summed E-state index contributed by atoms with van der Waals surface area (Å²) in [7, 11) is 0. The van der Waals surface area contributed by atoms with E-state index in [9.17, 15) is 4.39 Å². The molecule has 1 N–H and O–H groups in total. The number of nitrogens with zero attached hydrogens (tertiary/aromatic N) is 6. The van der Waals surface area contributed by atoms with Gasteiger partial charge in [-0.1, -0.05) is 0 Å². The normalized spacial score (nSPS) is 20.5. The molecule has 2 aromatic heterocycles. The molecule has 2 fully saturated rings. The number of morpholine rings is 1. The number of nitrogens with one attached hydrogen (secondary N) is 1. The Balaban J connectivity index is 1.41. The highest BCUT2D eigenvalue weighted by atomic mass is 19.1. The van der Waals surface area contributed by atoms with Crippen molar-refractivity contribution < 1.29 is 9.13 Å². The molecule has 2 aliphatic heterocycles. The average molecular weight is 359 g/mol. The molecule has 0 aromatic carbocycles. The van der Waals surface area contributed by atoms with Crippen molar-refractivity contribution in [1.29, 1.82) is 0 Å². The van der Waals surface area contributed by atoms with E-state index in [1.807, 2.05) is 11.0 Å². The first-order chi connectivity index (χ1) is 12.7. The number of ether oxygens (including phenoxy) is 1. The molecule has 0 spiro atoms. The lowest BCUT2D eigenvalue weighted by molar-refractivity contribution is 0.122. The van der Waals surface area contributed by atoms with Crippen molar-refractivity contribution in [2.75, 3.05) is 54.5 Å². The van der Waals surface area contributed by atoms with E-state index in [0.717, 1.165) is 31.9 Å². The van der Waals surface area contributed by atoms with Crippen LogP contribution in [0, 0.1) is 12.7 Å². The van der Waals surface area contributed by atoms with Crippen LogP contribution in [-0.4, -0.2) is 65.4 Å². The van der Waals surface area contributed by atoms with Crippen LogP contribution in [0.1, 0.15) is 12.1 Å². The second-order valence-electron chi connectivity index (χ2n) is 6.51. The van der Waals surface area contributed by atoms with Crippen molar-refractivity contribution in [1.82, 2.24) is 19.9 Å². The highest BCUT2D eigenvalue weighted by Crippen LogP contribution is 2.24. The fourth-order valence-electron chi connectivity index (χ4n) is 3.29. The Morgan fingerprint density at radius 3 is 2.85 bits per heavy atom. The highest BCUT2D eigenvalue weighted by Gasteiger charge is 2.26. The molecule has 0 saturated carbocycles. The van der Waals surface area contributed by atoms with E-state index in [1.54, 1.807) is 13.1 Å². The van der Waals surface area contributed by atoms with Crippen LogP contribution >= 0.6 is 0 Å². The Morgan fingerprint density at radius 2 is 2.00 bits per heavy atom. The zero-order chi connectivity index (χ0) is 17.9. The molecule has 0 radical (unpaired) electrons. The molecule has 2 saturated heterocycles. The molecule has 0 bridgehead atoms. The summed E-state index contributed by atoms with van der Waals surface area (Å²) < 4.78 is 19.6. The minimum absolute atomic E-state index is 0.178. The van der Waals surface area contributed by atoms with Gasteiger partial charge in [0, 0.05) is 38.4 Å². The number of aromatic nitrogens is 4. The van der Waals surface area contributed by atoms with Gasteiger partial charge in [-0.15, -0.1) is 0 Å². The molecule has 1 unspecified atom stereocenters. The zero-order valence-electron chi connectivity index (χ0n) is 14.7. The van der Waals surface area contributed by atoms with E-state index in [0.29, 0.717) is 37.2 Å². The molecule has 9 heteroatoms. The van der Waals surface area contributed by atoms with E-state index in [4.69, 9.17) is 4.74 Å². The van der Waals surface area contributed by atoms with Gasteiger partial charge in [-0.3, -0.25) is 0 Å². The Hall–Kier alpha value is -2.55. The number of rotatable bonds is 4. The number of hydrogen-bond donors (Lipinski definition) is 1. The van der Waals surface area contributed by atoms with E-state index >= 15 is 0 Å². The van der Waals surface area contributed by atoms with Gasteiger partial charge in [0.25, 0.3) is 0 Å². The van der Waals surface area contributed by atoms with Crippen LogP contribution in [0.25, 0.3) is 0 Å². The van der Waals surface area contributed by atoms with Crippen LogP contribution in [0.5, 0.6) is 0 Å². The smallest absolute Gasteiger partial charge is 0.227 e. The predicted molar refractivity (Wildman–Crippen MR) is 96.0 cm³/mol. The lowest BCUT2D eigenvalue weighted by Gasteiger charge is -2.27. The van der Waals surface area contributed by atoms with E-state index in [1.165, 1.54) is 6.33 Å². The van der Waals surface area contributed by atoms with Crippen LogP contribution in [0.15, 0.2) is 18.6 Å². The van der Waals surface area contributed by atoms with Crippen molar-refractivity contribution in [3.63, 3.8) is 0 Å². The monoisotopic (exact) mass is 359 g/mol. The summed E-state index contributed by atoms with van der Waals surface area (Å²) in [6, 6.07) is 2.04. The molecule has 138 valence electrons. The maximum atomic E-state index is 14.2. The summed E-state index contributed by atoms with van der Waals surface area (Å²) in [6.45, 7) is 6.06. The van der Waals surface area contributed by atoms with Crippen LogP contribution in [0.2, 0.25) is 0 Å². The standard InChI is InChI=1S/C17H22FN7O/c1-12-15(18)16(21-11-20-12)25-5-3-13(10-25)22-14-2-4-19-17(23-14)24-6-8-26-9-7-24/h2,4,11,13H,3,5-10H2,1H3,(H,19,22,23). The van der Waals surface area contributed by atoms with Crippen LogP contribution in [-0.2, 0) is 4.74 Å². The summed E-state index contributed by atoms with van der Waals surface area (Å²) in [6.07, 6.45) is 4.06. The quantitative estimate of drug-likeness (QED) is 0.874. The first kappa shape index (κ1) is 16.9. The second kappa shape index (κ2) is 7.36. The summed E-state index contributed by atoms with van der Waals surface area (Å²) in [4.78, 5) is 21.1. The largest absolute Gasteiger partial charge is 0.378 e. The fraction of sp³-hybridized carbons (Fsp3) is 0.529. The Kier molecular flexibility index (Phi) is 4.79. The molecule has 1 atom stereocenters. The molecule has 0 amide bonds. The molecular weight excluding hydrogens is 337 g/mol. The van der Waals surface area contributed by atoms with Crippen LogP contribution < -0.4 is 15.1 Å². The fourth-order valence-corrected chi connectivity index (χ4v) is 3.29. The lowest BCUT2D eigenvalue weighted by Crippen LogP contribution is -2.37. The second-order valence-corrected chi connectivity index (χ2v) is 6.51. The molecule has 26 heavy (non-hydrogen) atoms. The molecule has 8 nitrogen and oxygen atoms in total. The zero-order valence-corrected chi connectivity index (χ0v) is 14.7. The van der Waals surface area contributed by atoms with Gasteiger partial charge in [0.15, 0.2) is 11.6 Å². The average Bonchev–Trinajstić information content (AvgIpc) is 3.13. The van der Waals surface area contributed by atoms with Gasteiger partial charge in [-0.2, -0.15) is 4.98 Å². The van der Waals surface area contributed by atoms with Crippen molar-refractivity contribution >= 4 is 17.6 Å². The lowest BCUT2D eigenvalue weighted by atomic mass is 10.2. The van der Waals surface area contributed by atoms with E-state index < -0.39 is 0 Å². The summed E-state index contributed by atoms with van der Waals surface area (Å²) in [5.41, 5.74) is 0.373. The van der Waals surface area contributed by atoms with Gasteiger partial charge in [-0.25, -0.2) is 19.3 Å². The van der Waals surface area contributed by atoms with E-state index in [2.05, 4.69) is 30.2 Å². The molecule has 4 heterocycles. The third-order valence-electron chi connectivity index (χ3n) is 4.72. The molecule has 2 aliphatic rings. The minimum atomic E-state index is -0.343. The van der Waals surface area contributed by atoms with E-state index in [-0.39, 0.29) is 11.9 Å². The number of aryl methyl sites for hydroxylation is 1. The third kappa shape index (κ3) is 3.52. The number of anilines is 3. The Morgan fingerprint density at radius 1 is 1.15 bits per heavy atom. The Bertz CT molecular complexity index is 769. The topological polar surface area (TPSA) is 79.3 Å². The van der Waals surface area contributed by atoms with Gasteiger partial charge >= 0.3 is 0 Å². The maximum Gasteiger partial charge on any atom is 0.227 e. The van der Waals surface area contributed by atoms with Crippen LogP contribution in [0.3, 0.4) is 0 Å². The first-order valence-corrected chi connectivity index (χ1v) is 8.85. The number of halogens is 1. The molecule has 2 aromatic rings. The molecule has 0 aliphatic carbocycles. The van der Waals surface area contributed by atoms with Gasteiger partial charge in [0.2, 0.25) is 5.95 Å². The summed E-state index contributed by atoms with van der Waals surface area (Å²) in [5.74, 6) is 1.53. The van der Waals surface area contributed by atoms with Gasteiger partial charge in [0.1, 0.15) is 12.1 Å². The van der Waals surface area contributed by atoms with Crippen LogP contribution in [0.4, 0.5) is 22.0 Å². The summed E-state index contributed by atoms with van der Waals surface area (Å²) in [5, 5.41) is 3.44. The molecule has 4 rings (SSSR count). The van der Waals surface area contributed by atoms with Crippen molar-refractivity contribution in [2.45, 2.75) is 19.4 Å². The van der Waals surface area contributed by atoms with Gasteiger partial charge in [0.05, 0.1) is 18.9 Å². The third-order valence-corrected chi connectivity index (χ3v) is 4.72. The Labute approximate surface area is 151 Å². The SMILES string of the molecule is Cc1ncnc(N2CCC(Nc3ccnc(N4CCOCC4)n3)C2)c1F. The molecular formula is C17H22FN7O. The van der Waals surface area contributed by atoms with Crippen molar-refractivity contribution in [2.24, 2.45) is 0 Å². The highest BCUT2D eigenvalue weighted by molar-refractivity contribution is 5.46.